The first kappa shape index (κ1) is 20.5. The van der Waals surface area contributed by atoms with Crippen LogP contribution in [0.1, 0.15) is 37.9 Å². The summed E-state index contributed by atoms with van der Waals surface area (Å²) in [5, 5.41) is 0. The minimum absolute atomic E-state index is 0. The highest BCUT2D eigenvalue weighted by atomic mass is 35.5. The van der Waals surface area contributed by atoms with E-state index in [1.165, 1.54) is 0 Å². The molecule has 1 atom stereocenters. The van der Waals surface area contributed by atoms with Crippen molar-refractivity contribution in [1.82, 2.24) is 9.80 Å². The molecule has 0 spiro atoms. The molecule has 0 bridgehead atoms. The van der Waals surface area contributed by atoms with Crippen molar-refractivity contribution in [3.63, 3.8) is 0 Å². The Bertz CT molecular complexity index is 573. The van der Waals surface area contributed by atoms with Crippen LogP contribution in [0.15, 0.2) is 24.3 Å². The summed E-state index contributed by atoms with van der Waals surface area (Å²) in [4.78, 5) is 28.4. The molecule has 2 N–H and O–H groups in total. The second kappa shape index (κ2) is 7.99. The monoisotopic (exact) mass is 353 g/mol. The lowest BCUT2D eigenvalue weighted by Crippen LogP contribution is -2.54. The molecule has 1 aliphatic heterocycles. The molecule has 2 amide bonds. The van der Waals surface area contributed by atoms with Crippen molar-refractivity contribution in [1.29, 1.82) is 0 Å². The molecule has 134 valence electrons. The van der Waals surface area contributed by atoms with Gasteiger partial charge in [-0.3, -0.25) is 9.59 Å². The number of benzene rings is 1. The van der Waals surface area contributed by atoms with Crippen LogP contribution in [0.5, 0.6) is 0 Å². The van der Waals surface area contributed by atoms with Gasteiger partial charge in [-0.2, -0.15) is 0 Å². The molecule has 1 unspecified atom stereocenters. The molecule has 2 rings (SSSR count). The summed E-state index contributed by atoms with van der Waals surface area (Å²) in [5.74, 6) is 0.0594. The minimum atomic E-state index is -0.638. The summed E-state index contributed by atoms with van der Waals surface area (Å²) in [6.45, 7) is 9.98. The number of piperazine rings is 1. The van der Waals surface area contributed by atoms with E-state index in [1.54, 1.807) is 4.90 Å². The number of halogens is 1. The van der Waals surface area contributed by atoms with Crippen LogP contribution in [0, 0.1) is 12.3 Å². The quantitative estimate of drug-likeness (QED) is 0.885. The molecule has 1 saturated heterocycles. The van der Waals surface area contributed by atoms with Crippen molar-refractivity contribution in [3.8, 4) is 0 Å². The zero-order valence-electron chi connectivity index (χ0n) is 14.9. The fraction of sp³-hybridized carbons (Fsp3) is 0.556. The Balaban J connectivity index is 0.00000288. The first-order valence-corrected chi connectivity index (χ1v) is 8.10. The minimum Gasteiger partial charge on any atom is -0.339 e. The van der Waals surface area contributed by atoms with Gasteiger partial charge in [0.05, 0.1) is 0 Å². The molecule has 1 heterocycles. The number of carbonyl (C=O) groups excluding carboxylic acids is 2. The number of rotatable bonds is 2. The Morgan fingerprint density at radius 3 is 1.92 bits per heavy atom. The topological polar surface area (TPSA) is 66.6 Å². The van der Waals surface area contributed by atoms with Crippen LogP contribution in [-0.4, -0.2) is 47.8 Å². The summed E-state index contributed by atoms with van der Waals surface area (Å²) < 4.78 is 0. The van der Waals surface area contributed by atoms with Gasteiger partial charge in [0.1, 0.15) is 6.04 Å². The molecule has 1 aromatic rings. The number of hydrogen-bond acceptors (Lipinski definition) is 3. The molecule has 5 nitrogen and oxygen atoms in total. The number of nitrogens with two attached hydrogens (primary N) is 1. The second-order valence-electron chi connectivity index (χ2n) is 7.26. The standard InChI is InChI=1S/C18H27N3O2.ClH/c1-13-5-7-14(8-6-13)15(19)16(22)20-9-11-21(12-10-20)17(23)18(2,3)4;/h5-8,15H,9-12,19H2,1-4H3;1H. The molecule has 24 heavy (non-hydrogen) atoms. The van der Waals surface area contributed by atoms with Crippen LogP contribution in [0.25, 0.3) is 0 Å². The maximum atomic E-state index is 12.6. The maximum absolute atomic E-state index is 12.6. The highest BCUT2D eigenvalue weighted by Gasteiger charge is 2.32. The van der Waals surface area contributed by atoms with Crippen molar-refractivity contribution in [2.75, 3.05) is 26.2 Å². The van der Waals surface area contributed by atoms with Gasteiger partial charge in [-0.05, 0) is 12.5 Å². The third-order valence-electron chi connectivity index (χ3n) is 4.22. The number of hydrogen-bond donors (Lipinski definition) is 1. The zero-order valence-corrected chi connectivity index (χ0v) is 15.7. The number of aryl methyl sites for hydroxylation is 1. The van der Waals surface area contributed by atoms with E-state index in [2.05, 4.69) is 0 Å². The Labute approximate surface area is 150 Å². The molecule has 0 aliphatic carbocycles. The highest BCUT2D eigenvalue weighted by Crippen LogP contribution is 2.20. The Hall–Kier alpha value is -1.59. The van der Waals surface area contributed by atoms with Crippen LogP contribution < -0.4 is 5.73 Å². The van der Waals surface area contributed by atoms with E-state index >= 15 is 0 Å². The van der Waals surface area contributed by atoms with Crippen LogP contribution >= 0.6 is 12.4 Å². The molecule has 0 radical (unpaired) electrons. The third-order valence-corrected chi connectivity index (χ3v) is 4.22. The van der Waals surface area contributed by atoms with E-state index in [4.69, 9.17) is 5.73 Å². The molecule has 1 aromatic carbocycles. The van der Waals surface area contributed by atoms with E-state index in [1.807, 2.05) is 56.9 Å². The lowest BCUT2D eigenvalue weighted by atomic mass is 9.94. The van der Waals surface area contributed by atoms with Gasteiger partial charge in [-0.15, -0.1) is 12.4 Å². The summed E-state index contributed by atoms with van der Waals surface area (Å²) in [7, 11) is 0. The van der Waals surface area contributed by atoms with Crippen molar-refractivity contribution in [2.45, 2.75) is 33.7 Å². The van der Waals surface area contributed by atoms with E-state index in [9.17, 15) is 9.59 Å². The SMILES string of the molecule is Cc1ccc(C(N)C(=O)N2CCN(C(=O)C(C)(C)C)CC2)cc1.Cl. The van der Waals surface area contributed by atoms with E-state index in [0.717, 1.165) is 11.1 Å². The van der Waals surface area contributed by atoms with Gasteiger partial charge < -0.3 is 15.5 Å². The Kier molecular flexibility index (Phi) is 6.81. The molecular formula is C18H28ClN3O2. The lowest BCUT2D eigenvalue weighted by molar-refractivity contribution is -0.145. The number of nitrogens with zero attached hydrogens (tertiary/aromatic N) is 2. The number of amides is 2. The molecular weight excluding hydrogens is 326 g/mol. The third kappa shape index (κ3) is 4.71. The molecule has 1 fully saturated rings. The fourth-order valence-electron chi connectivity index (χ4n) is 2.72. The predicted octanol–water partition coefficient (Wildman–Crippen LogP) is 2.13. The second-order valence-corrected chi connectivity index (χ2v) is 7.26. The van der Waals surface area contributed by atoms with Crippen molar-refractivity contribution in [3.05, 3.63) is 35.4 Å². The van der Waals surface area contributed by atoms with Crippen molar-refractivity contribution in [2.24, 2.45) is 11.1 Å². The predicted molar refractivity (Wildman–Crippen MR) is 98.0 cm³/mol. The van der Waals surface area contributed by atoms with Crippen LogP contribution in [0.4, 0.5) is 0 Å². The van der Waals surface area contributed by atoms with E-state index in [-0.39, 0.29) is 29.6 Å². The van der Waals surface area contributed by atoms with Crippen LogP contribution in [0.2, 0.25) is 0 Å². The first-order valence-electron chi connectivity index (χ1n) is 8.10. The fourth-order valence-corrected chi connectivity index (χ4v) is 2.72. The van der Waals surface area contributed by atoms with Gasteiger partial charge in [0, 0.05) is 31.6 Å². The summed E-state index contributed by atoms with van der Waals surface area (Å²) in [6, 6.07) is 7.08. The van der Waals surface area contributed by atoms with Gasteiger partial charge in [0.15, 0.2) is 0 Å². The summed E-state index contributed by atoms with van der Waals surface area (Å²) in [6.07, 6.45) is 0. The molecule has 0 aromatic heterocycles. The number of carbonyl (C=O) groups is 2. The van der Waals surface area contributed by atoms with Gasteiger partial charge >= 0.3 is 0 Å². The van der Waals surface area contributed by atoms with Crippen LogP contribution in [0.3, 0.4) is 0 Å². The van der Waals surface area contributed by atoms with Crippen molar-refractivity contribution < 1.29 is 9.59 Å². The average Bonchev–Trinajstić information content (AvgIpc) is 2.53. The Morgan fingerprint density at radius 1 is 1.00 bits per heavy atom. The molecule has 0 saturated carbocycles. The largest absolute Gasteiger partial charge is 0.339 e. The molecule has 1 aliphatic rings. The van der Waals surface area contributed by atoms with Gasteiger partial charge in [-0.1, -0.05) is 50.6 Å². The lowest BCUT2D eigenvalue weighted by Gasteiger charge is -2.38. The van der Waals surface area contributed by atoms with Gasteiger partial charge in [0.25, 0.3) is 0 Å². The molecule has 6 heteroatoms. The van der Waals surface area contributed by atoms with Gasteiger partial charge in [0.2, 0.25) is 11.8 Å². The highest BCUT2D eigenvalue weighted by molar-refractivity contribution is 5.85. The Morgan fingerprint density at radius 2 is 1.46 bits per heavy atom. The first-order chi connectivity index (χ1) is 10.7. The normalized spacial score (nSPS) is 16.4. The van der Waals surface area contributed by atoms with Gasteiger partial charge in [-0.25, -0.2) is 0 Å². The van der Waals surface area contributed by atoms with E-state index < -0.39 is 6.04 Å². The van der Waals surface area contributed by atoms with Crippen LogP contribution in [-0.2, 0) is 9.59 Å². The van der Waals surface area contributed by atoms with E-state index in [0.29, 0.717) is 26.2 Å². The summed E-state index contributed by atoms with van der Waals surface area (Å²) in [5.41, 5.74) is 7.70. The zero-order chi connectivity index (χ0) is 17.2. The smallest absolute Gasteiger partial charge is 0.244 e. The maximum Gasteiger partial charge on any atom is 0.244 e. The van der Waals surface area contributed by atoms with Crippen molar-refractivity contribution >= 4 is 24.2 Å². The average molecular weight is 354 g/mol. The summed E-state index contributed by atoms with van der Waals surface area (Å²) >= 11 is 0.